The van der Waals surface area contributed by atoms with Gasteiger partial charge in [0.05, 0.1) is 5.60 Å². The highest BCUT2D eigenvalue weighted by Gasteiger charge is 2.27. The van der Waals surface area contributed by atoms with Crippen LogP contribution in [0.5, 0.6) is 11.5 Å². The van der Waals surface area contributed by atoms with E-state index in [0.717, 1.165) is 15.8 Å². The number of hydrogen-bond acceptors (Lipinski definition) is 3. The lowest BCUT2D eigenvalue weighted by atomic mass is 9.93. The van der Waals surface area contributed by atoms with Crippen LogP contribution in [0, 0.1) is 0 Å². The minimum Gasteiger partial charge on any atom is -0.454 e. The second kappa shape index (κ2) is 3.68. The van der Waals surface area contributed by atoms with E-state index in [4.69, 9.17) is 9.47 Å². The summed E-state index contributed by atoms with van der Waals surface area (Å²) in [7, 11) is 0. The van der Waals surface area contributed by atoms with Crippen LogP contribution in [0.2, 0.25) is 0 Å². The van der Waals surface area contributed by atoms with Crippen molar-refractivity contribution in [2.24, 2.45) is 0 Å². The first-order valence-electron chi connectivity index (χ1n) is 4.86. The maximum absolute atomic E-state index is 10.2. The molecule has 0 saturated carbocycles. The lowest BCUT2D eigenvalue weighted by Gasteiger charge is -2.23. The molecule has 0 amide bonds. The Bertz CT molecular complexity index is 388. The second-order valence-electron chi connectivity index (χ2n) is 3.81. The molecule has 1 heterocycles. The van der Waals surface area contributed by atoms with Gasteiger partial charge in [0.25, 0.3) is 0 Å². The first-order chi connectivity index (χ1) is 7.04. The topological polar surface area (TPSA) is 38.7 Å². The third kappa shape index (κ3) is 1.84. The van der Waals surface area contributed by atoms with Crippen LogP contribution in [0.25, 0.3) is 0 Å². The third-order valence-electron chi connectivity index (χ3n) is 2.73. The predicted molar refractivity (Wildman–Crippen MR) is 60.1 cm³/mol. The zero-order valence-corrected chi connectivity index (χ0v) is 10.3. The van der Waals surface area contributed by atoms with Gasteiger partial charge < -0.3 is 14.6 Å². The van der Waals surface area contributed by atoms with E-state index < -0.39 is 5.60 Å². The maximum atomic E-state index is 10.2. The minimum absolute atomic E-state index is 0.249. The zero-order valence-electron chi connectivity index (χ0n) is 8.71. The summed E-state index contributed by atoms with van der Waals surface area (Å²) in [6, 6.07) is 3.66. The molecule has 1 aliphatic rings. The van der Waals surface area contributed by atoms with Gasteiger partial charge in [-0.05, 0) is 25.5 Å². The van der Waals surface area contributed by atoms with Gasteiger partial charge in [-0.2, -0.15) is 0 Å². The van der Waals surface area contributed by atoms with E-state index in [2.05, 4.69) is 15.9 Å². The molecule has 0 aliphatic carbocycles. The van der Waals surface area contributed by atoms with Crippen molar-refractivity contribution in [2.45, 2.75) is 25.9 Å². The van der Waals surface area contributed by atoms with Crippen LogP contribution in [-0.4, -0.2) is 11.9 Å². The monoisotopic (exact) mass is 272 g/mol. The number of halogens is 1. The molecule has 1 aromatic carbocycles. The molecule has 0 fully saturated rings. The van der Waals surface area contributed by atoms with Crippen molar-refractivity contribution in [1.29, 1.82) is 0 Å². The van der Waals surface area contributed by atoms with E-state index in [1.54, 1.807) is 6.92 Å². The molecule has 3 nitrogen and oxygen atoms in total. The molecule has 0 bridgehead atoms. The third-order valence-corrected chi connectivity index (χ3v) is 3.39. The molecule has 15 heavy (non-hydrogen) atoms. The van der Waals surface area contributed by atoms with E-state index >= 15 is 0 Å². The fraction of sp³-hybridized carbons (Fsp3) is 0.455. The van der Waals surface area contributed by atoms with Crippen molar-refractivity contribution >= 4 is 15.9 Å². The summed E-state index contributed by atoms with van der Waals surface area (Å²) >= 11 is 3.43. The van der Waals surface area contributed by atoms with Crippen LogP contribution in [0.4, 0.5) is 0 Å². The first kappa shape index (κ1) is 10.8. The Kier molecular flexibility index (Phi) is 2.64. The van der Waals surface area contributed by atoms with Gasteiger partial charge >= 0.3 is 0 Å². The number of aliphatic hydroxyl groups is 1. The molecule has 1 atom stereocenters. The van der Waals surface area contributed by atoms with Crippen molar-refractivity contribution in [1.82, 2.24) is 0 Å². The van der Waals surface area contributed by atoms with Gasteiger partial charge in [0, 0.05) is 10.0 Å². The highest BCUT2D eigenvalue weighted by atomic mass is 79.9. The minimum atomic E-state index is -0.847. The molecule has 0 radical (unpaired) electrons. The Balaban J connectivity index is 2.49. The SMILES string of the molecule is CC[C@@](C)(O)c1cc2c(cc1Br)OCO2. The lowest BCUT2D eigenvalue weighted by Crippen LogP contribution is -2.20. The smallest absolute Gasteiger partial charge is 0.231 e. The maximum Gasteiger partial charge on any atom is 0.231 e. The summed E-state index contributed by atoms with van der Waals surface area (Å²) in [5.41, 5.74) is -0.0194. The van der Waals surface area contributed by atoms with Crippen LogP contribution in [0.3, 0.4) is 0 Å². The highest BCUT2D eigenvalue weighted by molar-refractivity contribution is 9.10. The van der Waals surface area contributed by atoms with E-state index in [0.29, 0.717) is 12.2 Å². The number of hydrogen-bond donors (Lipinski definition) is 1. The fourth-order valence-electron chi connectivity index (χ4n) is 1.52. The van der Waals surface area contributed by atoms with Gasteiger partial charge in [-0.3, -0.25) is 0 Å². The van der Waals surface area contributed by atoms with E-state index in [9.17, 15) is 5.11 Å². The largest absolute Gasteiger partial charge is 0.454 e. The Labute approximate surface area is 97.1 Å². The van der Waals surface area contributed by atoms with Gasteiger partial charge in [0.1, 0.15) is 0 Å². The summed E-state index contributed by atoms with van der Waals surface area (Å²) in [6.07, 6.45) is 0.644. The molecule has 2 rings (SSSR count). The lowest BCUT2D eigenvalue weighted by molar-refractivity contribution is 0.0521. The van der Waals surface area contributed by atoms with Gasteiger partial charge in [-0.25, -0.2) is 0 Å². The highest BCUT2D eigenvalue weighted by Crippen LogP contribution is 2.41. The van der Waals surface area contributed by atoms with Crippen molar-refractivity contribution in [2.75, 3.05) is 6.79 Å². The number of benzene rings is 1. The molecule has 0 unspecified atom stereocenters. The zero-order chi connectivity index (χ0) is 11.1. The number of rotatable bonds is 2. The molecule has 82 valence electrons. The number of fused-ring (bicyclic) bond motifs is 1. The van der Waals surface area contributed by atoms with Crippen molar-refractivity contribution in [3.05, 3.63) is 22.2 Å². The van der Waals surface area contributed by atoms with Crippen molar-refractivity contribution < 1.29 is 14.6 Å². The molecule has 1 aliphatic heterocycles. The molecular formula is C11H13BrO3. The molecule has 0 saturated heterocycles. The average molecular weight is 273 g/mol. The fourth-order valence-corrected chi connectivity index (χ4v) is 2.27. The molecule has 4 heteroatoms. The Morgan fingerprint density at radius 3 is 2.60 bits per heavy atom. The summed E-state index contributed by atoms with van der Waals surface area (Å²) in [6.45, 7) is 3.98. The van der Waals surface area contributed by atoms with Crippen LogP contribution in [0.15, 0.2) is 16.6 Å². The van der Waals surface area contributed by atoms with Crippen LogP contribution in [0.1, 0.15) is 25.8 Å². The van der Waals surface area contributed by atoms with E-state index in [1.165, 1.54) is 0 Å². The van der Waals surface area contributed by atoms with Crippen LogP contribution in [-0.2, 0) is 5.60 Å². The van der Waals surface area contributed by atoms with Gasteiger partial charge in [0.15, 0.2) is 11.5 Å². The van der Waals surface area contributed by atoms with Gasteiger partial charge in [0.2, 0.25) is 6.79 Å². The van der Waals surface area contributed by atoms with Crippen molar-refractivity contribution in [3.8, 4) is 11.5 Å². The van der Waals surface area contributed by atoms with Gasteiger partial charge in [-0.15, -0.1) is 0 Å². The van der Waals surface area contributed by atoms with E-state index in [1.807, 2.05) is 19.1 Å². The summed E-state index contributed by atoms with van der Waals surface area (Å²) < 4.78 is 11.4. The average Bonchev–Trinajstić information content (AvgIpc) is 2.63. The molecule has 1 N–H and O–H groups in total. The molecule has 0 aromatic heterocycles. The normalized spacial score (nSPS) is 17.6. The Hall–Kier alpha value is -0.740. The quantitative estimate of drug-likeness (QED) is 0.900. The van der Waals surface area contributed by atoms with Crippen LogP contribution < -0.4 is 9.47 Å². The van der Waals surface area contributed by atoms with Gasteiger partial charge in [-0.1, -0.05) is 22.9 Å². The molecular weight excluding hydrogens is 260 g/mol. The van der Waals surface area contributed by atoms with Crippen molar-refractivity contribution in [3.63, 3.8) is 0 Å². The molecule has 1 aromatic rings. The summed E-state index contributed by atoms with van der Waals surface area (Å²) in [5, 5.41) is 10.2. The van der Waals surface area contributed by atoms with E-state index in [-0.39, 0.29) is 6.79 Å². The number of ether oxygens (including phenoxy) is 2. The summed E-state index contributed by atoms with van der Waals surface area (Å²) in [4.78, 5) is 0. The summed E-state index contributed by atoms with van der Waals surface area (Å²) in [5.74, 6) is 1.42. The Morgan fingerprint density at radius 1 is 1.40 bits per heavy atom. The van der Waals surface area contributed by atoms with Crippen LogP contribution >= 0.6 is 15.9 Å². The predicted octanol–water partition coefficient (Wildman–Crippen LogP) is 2.80. The molecule has 0 spiro atoms. The Morgan fingerprint density at radius 2 is 2.00 bits per heavy atom. The first-order valence-corrected chi connectivity index (χ1v) is 5.66. The standard InChI is InChI=1S/C11H13BrO3/c1-3-11(2,13)7-4-9-10(5-8(7)12)15-6-14-9/h4-5,13H,3,6H2,1-2H3/t11-/m1/s1. The second-order valence-corrected chi connectivity index (χ2v) is 4.67.